The summed E-state index contributed by atoms with van der Waals surface area (Å²) >= 11 is 0. The average Bonchev–Trinajstić information content (AvgIpc) is 2.27. The van der Waals surface area contributed by atoms with Gasteiger partial charge in [-0.25, -0.2) is 0 Å². The summed E-state index contributed by atoms with van der Waals surface area (Å²) in [4.78, 5) is 0. The van der Waals surface area contributed by atoms with E-state index in [0.29, 0.717) is 6.04 Å². The van der Waals surface area contributed by atoms with Crippen LogP contribution in [-0.4, -0.2) is 12.1 Å². The first-order valence-electron chi connectivity index (χ1n) is 6.96. The van der Waals surface area contributed by atoms with E-state index in [2.05, 4.69) is 52.1 Å². The van der Waals surface area contributed by atoms with Crippen molar-refractivity contribution in [2.45, 2.75) is 59.1 Å². The number of benzene rings is 1. The van der Waals surface area contributed by atoms with Gasteiger partial charge in [-0.1, -0.05) is 24.6 Å². The van der Waals surface area contributed by atoms with Crippen LogP contribution < -0.4 is 10.1 Å². The van der Waals surface area contributed by atoms with Gasteiger partial charge in [0, 0.05) is 18.0 Å². The van der Waals surface area contributed by atoms with Crippen LogP contribution in [0.2, 0.25) is 0 Å². The number of hydrogen-bond donors (Lipinski definition) is 1. The lowest BCUT2D eigenvalue weighted by Gasteiger charge is -2.39. The number of fused-ring (bicyclic) bond motifs is 1. The molecule has 0 spiro atoms. The van der Waals surface area contributed by atoms with E-state index < -0.39 is 0 Å². The molecule has 1 heterocycles. The molecule has 2 nitrogen and oxygen atoms in total. The second kappa shape index (κ2) is 4.93. The van der Waals surface area contributed by atoms with Gasteiger partial charge in [-0.2, -0.15) is 0 Å². The lowest BCUT2D eigenvalue weighted by molar-refractivity contribution is 0.0652. The van der Waals surface area contributed by atoms with Gasteiger partial charge in [0.15, 0.2) is 0 Å². The summed E-state index contributed by atoms with van der Waals surface area (Å²) in [6.07, 6.45) is 2.20. The molecular weight excluding hydrogens is 222 g/mol. The maximum Gasteiger partial charge on any atom is 0.127 e. The lowest BCUT2D eigenvalue weighted by Crippen LogP contribution is -2.40. The fourth-order valence-corrected chi connectivity index (χ4v) is 2.81. The summed E-state index contributed by atoms with van der Waals surface area (Å²) in [5.41, 5.74) is 3.82. The number of aryl methyl sites for hydroxylation is 2. The van der Waals surface area contributed by atoms with E-state index in [0.717, 1.165) is 25.1 Å². The highest BCUT2D eigenvalue weighted by Gasteiger charge is 2.34. The molecule has 1 aromatic rings. The number of ether oxygens (including phenoxy) is 1. The van der Waals surface area contributed by atoms with Crippen LogP contribution in [0.5, 0.6) is 5.75 Å². The molecule has 2 heteroatoms. The van der Waals surface area contributed by atoms with Gasteiger partial charge in [-0.3, -0.25) is 0 Å². The van der Waals surface area contributed by atoms with Gasteiger partial charge in [-0.05, 0) is 46.2 Å². The van der Waals surface area contributed by atoms with Crippen LogP contribution in [0.4, 0.5) is 0 Å². The van der Waals surface area contributed by atoms with Crippen molar-refractivity contribution >= 4 is 0 Å². The third kappa shape index (κ3) is 2.69. The fourth-order valence-electron chi connectivity index (χ4n) is 2.81. The van der Waals surface area contributed by atoms with Crippen LogP contribution in [0, 0.1) is 13.8 Å². The Bertz CT molecular complexity index is 437. The van der Waals surface area contributed by atoms with Crippen molar-refractivity contribution < 1.29 is 4.74 Å². The molecule has 1 N–H and O–H groups in total. The normalized spacial score (nSPS) is 21.3. The van der Waals surface area contributed by atoms with E-state index in [1.54, 1.807) is 0 Å². The Kier molecular flexibility index (Phi) is 3.67. The van der Waals surface area contributed by atoms with Crippen LogP contribution in [-0.2, 0) is 0 Å². The molecule has 1 atom stereocenters. The topological polar surface area (TPSA) is 21.3 Å². The van der Waals surface area contributed by atoms with Crippen molar-refractivity contribution in [3.05, 3.63) is 28.8 Å². The summed E-state index contributed by atoms with van der Waals surface area (Å²) in [6, 6.07) is 4.89. The molecule has 0 aromatic heterocycles. The fraction of sp³-hybridized carbons (Fsp3) is 0.625. The molecule has 1 unspecified atom stereocenters. The third-order valence-electron chi connectivity index (χ3n) is 3.54. The van der Waals surface area contributed by atoms with Crippen LogP contribution >= 0.6 is 0 Å². The lowest BCUT2D eigenvalue weighted by atomic mass is 9.87. The zero-order valence-electron chi connectivity index (χ0n) is 12.3. The van der Waals surface area contributed by atoms with E-state index in [1.807, 2.05) is 0 Å². The van der Waals surface area contributed by atoms with E-state index >= 15 is 0 Å². The molecule has 1 aromatic carbocycles. The van der Waals surface area contributed by atoms with E-state index in [4.69, 9.17) is 4.74 Å². The smallest absolute Gasteiger partial charge is 0.127 e. The number of rotatable bonds is 3. The van der Waals surface area contributed by atoms with Crippen LogP contribution in [0.3, 0.4) is 0 Å². The molecule has 0 saturated heterocycles. The van der Waals surface area contributed by atoms with Crippen molar-refractivity contribution in [1.82, 2.24) is 5.32 Å². The Morgan fingerprint density at radius 3 is 2.72 bits per heavy atom. The van der Waals surface area contributed by atoms with Gasteiger partial charge < -0.3 is 10.1 Å². The number of nitrogens with one attached hydrogen (secondary N) is 1. The predicted molar refractivity (Wildman–Crippen MR) is 76.3 cm³/mol. The minimum atomic E-state index is -0.0849. The van der Waals surface area contributed by atoms with E-state index in [-0.39, 0.29) is 5.60 Å². The summed E-state index contributed by atoms with van der Waals surface area (Å²) in [5, 5.41) is 3.66. The second-order valence-electron chi connectivity index (χ2n) is 6.07. The average molecular weight is 247 g/mol. The van der Waals surface area contributed by atoms with Crippen LogP contribution in [0.1, 0.15) is 56.3 Å². The highest BCUT2D eigenvalue weighted by atomic mass is 16.5. The molecule has 0 amide bonds. The maximum atomic E-state index is 6.18. The molecule has 100 valence electrons. The Morgan fingerprint density at radius 1 is 1.33 bits per heavy atom. The minimum absolute atomic E-state index is 0.0849. The first-order chi connectivity index (χ1) is 8.43. The maximum absolute atomic E-state index is 6.18. The quantitative estimate of drug-likeness (QED) is 0.874. The van der Waals surface area contributed by atoms with E-state index in [1.165, 1.54) is 16.7 Å². The second-order valence-corrected chi connectivity index (χ2v) is 6.07. The first kappa shape index (κ1) is 13.4. The monoisotopic (exact) mass is 247 g/mol. The summed E-state index contributed by atoms with van der Waals surface area (Å²) in [6.45, 7) is 11.9. The van der Waals surface area contributed by atoms with Crippen molar-refractivity contribution in [3.8, 4) is 5.75 Å². The highest BCUT2D eigenvalue weighted by Crippen LogP contribution is 2.41. The Morgan fingerprint density at radius 2 is 2.06 bits per heavy atom. The van der Waals surface area contributed by atoms with Gasteiger partial charge >= 0.3 is 0 Å². The zero-order valence-corrected chi connectivity index (χ0v) is 12.3. The highest BCUT2D eigenvalue weighted by molar-refractivity contribution is 5.47. The molecule has 18 heavy (non-hydrogen) atoms. The molecule has 0 aliphatic carbocycles. The largest absolute Gasteiger partial charge is 0.487 e. The van der Waals surface area contributed by atoms with Gasteiger partial charge in [0.2, 0.25) is 0 Å². The minimum Gasteiger partial charge on any atom is -0.487 e. The Labute approximate surface area is 111 Å². The molecule has 0 fully saturated rings. The summed E-state index contributed by atoms with van der Waals surface area (Å²) in [5.74, 6) is 1.09. The molecule has 0 radical (unpaired) electrons. The van der Waals surface area contributed by atoms with Gasteiger partial charge in [0.1, 0.15) is 11.4 Å². The van der Waals surface area contributed by atoms with Crippen molar-refractivity contribution in [3.63, 3.8) is 0 Å². The van der Waals surface area contributed by atoms with Crippen LogP contribution in [0.15, 0.2) is 12.1 Å². The third-order valence-corrected chi connectivity index (χ3v) is 3.54. The van der Waals surface area contributed by atoms with Gasteiger partial charge in [0.05, 0.1) is 0 Å². The van der Waals surface area contributed by atoms with Crippen molar-refractivity contribution in [2.24, 2.45) is 0 Å². The Balaban J connectivity index is 2.40. The standard InChI is InChI=1S/C16H25NO/c1-6-7-17-14-10-16(4,5)18-15-12(3)8-11(2)9-13(14)15/h8-9,14,17H,6-7,10H2,1-5H3. The molecule has 1 aliphatic rings. The predicted octanol–water partition coefficient (Wildman–Crippen LogP) is 3.91. The zero-order chi connectivity index (χ0) is 13.3. The van der Waals surface area contributed by atoms with Gasteiger partial charge in [0.25, 0.3) is 0 Å². The van der Waals surface area contributed by atoms with Crippen molar-refractivity contribution in [2.75, 3.05) is 6.54 Å². The molecule has 0 bridgehead atoms. The first-order valence-corrected chi connectivity index (χ1v) is 6.96. The molecule has 2 rings (SSSR count). The summed E-state index contributed by atoms with van der Waals surface area (Å²) in [7, 11) is 0. The number of hydrogen-bond acceptors (Lipinski definition) is 2. The Hall–Kier alpha value is -1.02. The summed E-state index contributed by atoms with van der Waals surface area (Å²) < 4.78 is 6.18. The van der Waals surface area contributed by atoms with Crippen LogP contribution in [0.25, 0.3) is 0 Å². The molecular formula is C16H25NO. The van der Waals surface area contributed by atoms with E-state index in [9.17, 15) is 0 Å². The molecule has 0 saturated carbocycles. The SMILES string of the molecule is CCCNC1CC(C)(C)Oc2c(C)cc(C)cc21. The molecule has 1 aliphatic heterocycles. The van der Waals surface area contributed by atoms with Crippen molar-refractivity contribution in [1.29, 1.82) is 0 Å². The van der Waals surface area contributed by atoms with Gasteiger partial charge in [-0.15, -0.1) is 0 Å².